The second-order valence-corrected chi connectivity index (χ2v) is 4.17. The summed E-state index contributed by atoms with van der Waals surface area (Å²) in [4.78, 5) is 0. The van der Waals surface area contributed by atoms with E-state index < -0.39 is 0 Å². The van der Waals surface area contributed by atoms with Crippen LogP contribution in [0.15, 0.2) is 42.5 Å². The Labute approximate surface area is 110 Å². The third-order valence-electron chi connectivity index (χ3n) is 2.59. The summed E-state index contributed by atoms with van der Waals surface area (Å²) in [5.74, 6) is 0.322. The Bertz CT molecular complexity index is 508. The van der Waals surface area contributed by atoms with Crippen LogP contribution in [0.1, 0.15) is 5.56 Å². The average molecular weight is 266 g/mol. The van der Waals surface area contributed by atoms with Crippen molar-refractivity contribution in [3.8, 4) is 5.75 Å². The van der Waals surface area contributed by atoms with Crippen LogP contribution in [0, 0.1) is 5.82 Å². The summed E-state index contributed by atoms with van der Waals surface area (Å²) >= 11 is 5.91. The predicted octanol–water partition coefficient (Wildman–Crippen LogP) is 4.10. The van der Waals surface area contributed by atoms with Crippen LogP contribution in [0.4, 0.5) is 10.1 Å². The molecule has 2 nitrogen and oxygen atoms in total. The van der Waals surface area contributed by atoms with Gasteiger partial charge in [0.25, 0.3) is 0 Å². The highest BCUT2D eigenvalue weighted by atomic mass is 35.5. The van der Waals surface area contributed by atoms with Gasteiger partial charge in [-0.25, -0.2) is 4.39 Å². The summed E-state index contributed by atoms with van der Waals surface area (Å²) in [6.07, 6.45) is 0. The van der Waals surface area contributed by atoms with Gasteiger partial charge in [-0.15, -0.1) is 0 Å². The van der Waals surface area contributed by atoms with E-state index in [2.05, 4.69) is 5.32 Å². The monoisotopic (exact) mass is 265 g/mol. The maximum absolute atomic E-state index is 13.5. The van der Waals surface area contributed by atoms with Crippen LogP contribution in [-0.4, -0.2) is 7.05 Å². The number of hydrogen-bond donors (Lipinski definition) is 1. The maximum Gasteiger partial charge on any atom is 0.131 e. The quantitative estimate of drug-likeness (QED) is 0.899. The van der Waals surface area contributed by atoms with E-state index in [1.807, 2.05) is 31.3 Å². The summed E-state index contributed by atoms with van der Waals surface area (Å²) in [5, 5.41) is 3.39. The minimum atomic E-state index is -0.352. The summed E-state index contributed by atoms with van der Waals surface area (Å²) in [6, 6.07) is 12.0. The molecule has 94 valence electrons. The Hall–Kier alpha value is -1.74. The molecular weight excluding hydrogens is 253 g/mol. The summed E-state index contributed by atoms with van der Waals surface area (Å²) < 4.78 is 19.0. The fourth-order valence-electron chi connectivity index (χ4n) is 1.54. The van der Waals surface area contributed by atoms with Crippen LogP contribution >= 0.6 is 11.6 Å². The van der Waals surface area contributed by atoms with Crippen LogP contribution in [-0.2, 0) is 6.61 Å². The zero-order valence-electron chi connectivity index (χ0n) is 9.91. The Morgan fingerprint density at radius 3 is 2.50 bits per heavy atom. The van der Waals surface area contributed by atoms with E-state index in [4.69, 9.17) is 16.3 Å². The first-order chi connectivity index (χ1) is 8.70. The Morgan fingerprint density at radius 2 is 1.89 bits per heavy atom. The molecule has 1 N–H and O–H groups in total. The smallest absolute Gasteiger partial charge is 0.131 e. The van der Waals surface area contributed by atoms with Gasteiger partial charge >= 0.3 is 0 Å². The molecule has 0 amide bonds. The lowest BCUT2D eigenvalue weighted by molar-refractivity contribution is 0.300. The lowest BCUT2D eigenvalue weighted by Gasteiger charge is -2.09. The minimum Gasteiger partial charge on any atom is -0.489 e. The van der Waals surface area contributed by atoms with Gasteiger partial charge in [0.2, 0.25) is 0 Å². The standard InChI is InChI=1S/C14H13ClFNO/c1-17-10-5-7-11(8-6-10)18-9-12-13(15)3-2-4-14(12)16/h2-8,17H,9H2,1H3. The average Bonchev–Trinajstić information content (AvgIpc) is 2.39. The fraction of sp³-hybridized carbons (Fsp3) is 0.143. The van der Waals surface area contributed by atoms with E-state index in [0.29, 0.717) is 16.3 Å². The van der Waals surface area contributed by atoms with E-state index in [9.17, 15) is 4.39 Å². The number of benzene rings is 2. The van der Waals surface area contributed by atoms with Gasteiger partial charge in [-0.2, -0.15) is 0 Å². The summed E-state index contributed by atoms with van der Waals surface area (Å²) in [6.45, 7) is 0.115. The number of halogens is 2. The number of hydrogen-bond acceptors (Lipinski definition) is 2. The molecule has 0 saturated carbocycles. The van der Waals surface area contributed by atoms with E-state index in [0.717, 1.165) is 5.69 Å². The van der Waals surface area contributed by atoms with Crippen LogP contribution in [0.2, 0.25) is 5.02 Å². The first-order valence-corrected chi connectivity index (χ1v) is 5.92. The SMILES string of the molecule is CNc1ccc(OCc2c(F)cccc2Cl)cc1. The highest BCUT2D eigenvalue weighted by Gasteiger charge is 2.07. The van der Waals surface area contributed by atoms with E-state index >= 15 is 0 Å². The Balaban J connectivity index is 2.06. The van der Waals surface area contributed by atoms with Crippen molar-refractivity contribution in [3.05, 3.63) is 58.9 Å². The molecule has 0 fully saturated rings. The molecule has 0 aliphatic carbocycles. The largest absolute Gasteiger partial charge is 0.489 e. The Morgan fingerprint density at radius 1 is 1.17 bits per heavy atom. The van der Waals surface area contributed by atoms with Gasteiger partial charge in [0.15, 0.2) is 0 Å². The van der Waals surface area contributed by atoms with Crippen molar-refractivity contribution in [3.63, 3.8) is 0 Å². The maximum atomic E-state index is 13.5. The molecule has 0 aliphatic rings. The summed E-state index contributed by atoms with van der Waals surface area (Å²) in [7, 11) is 1.84. The predicted molar refractivity (Wildman–Crippen MR) is 71.7 cm³/mol. The van der Waals surface area contributed by atoms with Crippen LogP contribution < -0.4 is 10.1 Å². The molecule has 0 aliphatic heterocycles. The van der Waals surface area contributed by atoms with E-state index in [1.54, 1.807) is 12.1 Å². The third-order valence-corrected chi connectivity index (χ3v) is 2.94. The van der Waals surface area contributed by atoms with Gasteiger partial charge < -0.3 is 10.1 Å². The highest BCUT2D eigenvalue weighted by molar-refractivity contribution is 6.31. The van der Waals surface area contributed by atoms with Gasteiger partial charge in [-0.05, 0) is 36.4 Å². The molecule has 2 rings (SSSR count). The second kappa shape index (κ2) is 5.74. The van der Waals surface area contributed by atoms with Crippen molar-refractivity contribution >= 4 is 17.3 Å². The lowest BCUT2D eigenvalue weighted by atomic mass is 10.2. The van der Waals surface area contributed by atoms with Crippen molar-refractivity contribution in [1.29, 1.82) is 0 Å². The van der Waals surface area contributed by atoms with Crippen molar-refractivity contribution in [2.24, 2.45) is 0 Å². The second-order valence-electron chi connectivity index (χ2n) is 3.76. The van der Waals surface area contributed by atoms with Crippen LogP contribution in [0.25, 0.3) is 0 Å². The van der Waals surface area contributed by atoms with E-state index in [1.165, 1.54) is 6.07 Å². The first-order valence-electron chi connectivity index (χ1n) is 5.54. The van der Waals surface area contributed by atoms with Crippen molar-refractivity contribution in [2.75, 3.05) is 12.4 Å². The zero-order chi connectivity index (χ0) is 13.0. The number of anilines is 1. The topological polar surface area (TPSA) is 21.3 Å². The molecular formula is C14H13ClFNO. The van der Waals surface area contributed by atoms with Crippen molar-refractivity contribution in [1.82, 2.24) is 0 Å². The molecule has 2 aromatic carbocycles. The molecule has 0 bridgehead atoms. The Kier molecular flexibility index (Phi) is 4.05. The molecule has 2 aromatic rings. The fourth-order valence-corrected chi connectivity index (χ4v) is 1.76. The highest BCUT2D eigenvalue weighted by Crippen LogP contribution is 2.22. The molecule has 0 spiro atoms. The van der Waals surface area contributed by atoms with Gasteiger partial charge in [0.1, 0.15) is 18.2 Å². The number of ether oxygens (including phenoxy) is 1. The third kappa shape index (κ3) is 2.93. The molecule has 0 radical (unpaired) electrons. The van der Waals surface area contributed by atoms with Crippen LogP contribution in [0.3, 0.4) is 0 Å². The zero-order valence-corrected chi connectivity index (χ0v) is 10.7. The molecule has 0 heterocycles. The van der Waals surface area contributed by atoms with Gasteiger partial charge in [-0.3, -0.25) is 0 Å². The van der Waals surface area contributed by atoms with Crippen molar-refractivity contribution < 1.29 is 9.13 Å². The molecule has 0 unspecified atom stereocenters. The molecule has 0 aromatic heterocycles. The minimum absolute atomic E-state index is 0.115. The van der Waals surface area contributed by atoms with Gasteiger partial charge in [0.05, 0.1) is 5.02 Å². The number of nitrogens with one attached hydrogen (secondary N) is 1. The molecule has 0 atom stereocenters. The summed E-state index contributed by atoms with van der Waals surface area (Å²) in [5.41, 5.74) is 1.36. The van der Waals surface area contributed by atoms with Crippen LogP contribution in [0.5, 0.6) is 5.75 Å². The first kappa shape index (κ1) is 12.7. The lowest BCUT2D eigenvalue weighted by Crippen LogP contribution is -1.99. The van der Waals surface area contributed by atoms with Gasteiger partial charge in [-0.1, -0.05) is 17.7 Å². The van der Waals surface area contributed by atoms with Gasteiger partial charge in [0, 0.05) is 18.3 Å². The van der Waals surface area contributed by atoms with E-state index in [-0.39, 0.29) is 12.4 Å². The van der Waals surface area contributed by atoms with Crippen molar-refractivity contribution in [2.45, 2.75) is 6.61 Å². The molecule has 18 heavy (non-hydrogen) atoms. The molecule has 0 saturated heterocycles. The number of rotatable bonds is 4. The normalized spacial score (nSPS) is 10.2. The molecule has 4 heteroatoms.